The SMILES string of the molecule is CCC(C)(C)C1CCC2(CC1)NC(=O)N(CC(=O)OCC(=O)Nc1cccnc1Cl)C2=O. The molecule has 0 unspecified atom stereocenters. The van der Waals surface area contributed by atoms with Crippen LogP contribution in [0.3, 0.4) is 0 Å². The third kappa shape index (κ3) is 5.03. The summed E-state index contributed by atoms with van der Waals surface area (Å²) in [6.07, 6.45) is 5.28. The lowest BCUT2D eigenvalue weighted by molar-refractivity contribution is -0.150. The fourth-order valence-corrected chi connectivity index (χ4v) is 4.49. The van der Waals surface area contributed by atoms with Gasteiger partial charge in [0.2, 0.25) is 0 Å². The molecule has 1 aromatic heterocycles. The number of carbonyl (C=O) groups excluding carboxylic acids is 4. The van der Waals surface area contributed by atoms with Crippen LogP contribution in [-0.2, 0) is 19.1 Å². The molecule has 32 heavy (non-hydrogen) atoms. The highest BCUT2D eigenvalue weighted by atomic mass is 35.5. The number of imide groups is 1. The van der Waals surface area contributed by atoms with Crippen molar-refractivity contribution >= 4 is 41.1 Å². The largest absolute Gasteiger partial charge is 0.454 e. The highest BCUT2D eigenvalue weighted by Gasteiger charge is 2.53. The van der Waals surface area contributed by atoms with Crippen molar-refractivity contribution < 1.29 is 23.9 Å². The van der Waals surface area contributed by atoms with E-state index >= 15 is 0 Å². The zero-order valence-corrected chi connectivity index (χ0v) is 19.3. The highest BCUT2D eigenvalue weighted by Crippen LogP contribution is 2.45. The van der Waals surface area contributed by atoms with Crippen LogP contribution >= 0.6 is 11.6 Å². The zero-order valence-electron chi connectivity index (χ0n) is 18.6. The standard InChI is InChI=1S/C22H29ClN4O5/c1-4-21(2,3)14-7-9-22(10-8-14)19(30)27(20(31)26-22)12-17(29)32-13-16(28)25-15-6-5-11-24-18(15)23/h5-6,11,14H,4,7-10,12-13H2,1-3H3,(H,25,28)(H,26,31). The van der Waals surface area contributed by atoms with E-state index < -0.39 is 42.5 Å². The Kier molecular flexibility index (Phi) is 7.07. The second-order valence-corrected chi connectivity index (χ2v) is 9.43. The Labute approximate surface area is 192 Å². The number of nitrogens with zero attached hydrogens (tertiary/aromatic N) is 2. The summed E-state index contributed by atoms with van der Waals surface area (Å²) in [4.78, 5) is 54.3. The number of carbonyl (C=O) groups is 4. The molecule has 2 heterocycles. The lowest BCUT2D eigenvalue weighted by Gasteiger charge is -2.42. The summed E-state index contributed by atoms with van der Waals surface area (Å²) in [6, 6.07) is 2.54. The van der Waals surface area contributed by atoms with Crippen molar-refractivity contribution in [1.82, 2.24) is 15.2 Å². The lowest BCUT2D eigenvalue weighted by Crippen LogP contribution is -2.51. The van der Waals surface area contributed by atoms with Crippen molar-refractivity contribution in [1.29, 1.82) is 0 Å². The fourth-order valence-electron chi connectivity index (χ4n) is 4.33. The second-order valence-electron chi connectivity index (χ2n) is 9.07. The van der Waals surface area contributed by atoms with Crippen molar-refractivity contribution in [2.24, 2.45) is 11.3 Å². The molecule has 4 amide bonds. The van der Waals surface area contributed by atoms with Gasteiger partial charge in [0, 0.05) is 6.20 Å². The number of anilines is 1. The average Bonchev–Trinajstić information content (AvgIpc) is 2.98. The van der Waals surface area contributed by atoms with E-state index in [1.54, 1.807) is 12.1 Å². The normalized spacial score (nSPS) is 23.2. The van der Waals surface area contributed by atoms with Gasteiger partial charge in [-0.05, 0) is 49.1 Å². The molecular formula is C22H29ClN4O5. The maximum Gasteiger partial charge on any atom is 0.326 e. The first-order chi connectivity index (χ1) is 15.1. The molecule has 1 aliphatic carbocycles. The minimum atomic E-state index is -0.952. The molecule has 2 aliphatic rings. The van der Waals surface area contributed by atoms with Crippen molar-refractivity contribution in [3.8, 4) is 0 Å². The Balaban J connectivity index is 1.51. The molecule has 1 spiro atoms. The predicted molar refractivity (Wildman–Crippen MR) is 118 cm³/mol. The van der Waals surface area contributed by atoms with E-state index in [1.807, 2.05) is 0 Å². The van der Waals surface area contributed by atoms with Gasteiger partial charge in [-0.15, -0.1) is 0 Å². The van der Waals surface area contributed by atoms with E-state index in [0.29, 0.717) is 18.8 Å². The molecule has 2 fully saturated rings. The first-order valence-electron chi connectivity index (χ1n) is 10.8. The molecule has 0 bridgehead atoms. The Bertz CT molecular complexity index is 911. The van der Waals surface area contributed by atoms with Crippen LogP contribution in [0.4, 0.5) is 10.5 Å². The molecule has 174 valence electrons. The Morgan fingerprint density at radius 3 is 2.66 bits per heavy atom. The third-order valence-corrected chi connectivity index (χ3v) is 7.09. The monoisotopic (exact) mass is 464 g/mol. The van der Waals surface area contributed by atoms with Gasteiger partial charge in [-0.1, -0.05) is 38.8 Å². The molecular weight excluding hydrogens is 436 g/mol. The second kappa shape index (κ2) is 9.44. The maximum atomic E-state index is 13.0. The lowest BCUT2D eigenvalue weighted by atomic mass is 9.65. The fraction of sp³-hybridized carbons (Fsp3) is 0.591. The summed E-state index contributed by atoms with van der Waals surface area (Å²) >= 11 is 5.87. The first-order valence-corrected chi connectivity index (χ1v) is 11.2. The molecule has 10 heteroatoms. The quantitative estimate of drug-likeness (QED) is 0.363. The maximum absolute atomic E-state index is 13.0. The van der Waals surface area contributed by atoms with Crippen molar-refractivity contribution in [3.05, 3.63) is 23.5 Å². The van der Waals surface area contributed by atoms with E-state index in [4.69, 9.17) is 16.3 Å². The number of hydrogen-bond donors (Lipinski definition) is 2. The number of halogens is 1. The number of ether oxygens (including phenoxy) is 1. The van der Waals surface area contributed by atoms with Crippen LogP contribution in [0, 0.1) is 11.3 Å². The molecule has 1 saturated heterocycles. The number of amides is 4. The van der Waals surface area contributed by atoms with Crippen molar-refractivity contribution in [2.75, 3.05) is 18.5 Å². The van der Waals surface area contributed by atoms with Crippen LogP contribution in [0.5, 0.6) is 0 Å². The van der Waals surface area contributed by atoms with E-state index in [1.165, 1.54) is 6.20 Å². The zero-order chi connectivity index (χ0) is 23.5. The average molecular weight is 465 g/mol. The summed E-state index contributed by atoms with van der Waals surface area (Å²) < 4.78 is 4.94. The van der Waals surface area contributed by atoms with Gasteiger partial charge < -0.3 is 15.4 Å². The number of esters is 1. The molecule has 1 aliphatic heterocycles. The molecule has 2 N–H and O–H groups in total. The van der Waals surface area contributed by atoms with E-state index in [2.05, 4.69) is 36.4 Å². The van der Waals surface area contributed by atoms with Gasteiger partial charge >= 0.3 is 12.0 Å². The number of nitrogens with one attached hydrogen (secondary N) is 2. The van der Waals surface area contributed by atoms with Crippen LogP contribution < -0.4 is 10.6 Å². The Hall–Kier alpha value is -2.68. The smallest absolute Gasteiger partial charge is 0.326 e. The van der Waals surface area contributed by atoms with Gasteiger partial charge in [-0.25, -0.2) is 9.78 Å². The number of pyridine rings is 1. The Morgan fingerprint density at radius 1 is 1.34 bits per heavy atom. The van der Waals surface area contributed by atoms with Crippen molar-refractivity contribution in [2.45, 2.75) is 58.4 Å². The molecule has 9 nitrogen and oxygen atoms in total. The molecule has 3 rings (SSSR count). The van der Waals surface area contributed by atoms with E-state index in [0.717, 1.165) is 24.2 Å². The van der Waals surface area contributed by atoms with Crippen LogP contribution in [-0.4, -0.2) is 52.4 Å². The summed E-state index contributed by atoms with van der Waals surface area (Å²) in [5.41, 5.74) is -0.489. The highest BCUT2D eigenvalue weighted by molar-refractivity contribution is 6.32. The first kappa shape index (κ1) is 24.0. The molecule has 1 saturated carbocycles. The number of aromatic nitrogens is 1. The van der Waals surface area contributed by atoms with Crippen LogP contribution in [0.1, 0.15) is 52.9 Å². The predicted octanol–water partition coefficient (Wildman–Crippen LogP) is 3.13. The topological polar surface area (TPSA) is 118 Å². The van der Waals surface area contributed by atoms with E-state index in [9.17, 15) is 19.2 Å². The molecule has 0 atom stereocenters. The van der Waals surface area contributed by atoms with Crippen molar-refractivity contribution in [3.63, 3.8) is 0 Å². The Morgan fingerprint density at radius 2 is 2.03 bits per heavy atom. The number of hydrogen-bond acceptors (Lipinski definition) is 6. The van der Waals surface area contributed by atoms with Gasteiger partial charge in [0.15, 0.2) is 11.8 Å². The number of rotatable bonds is 7. The van der Waals surface area contributed by atoms with Crippen LogP contribution in [0.2, 0.25) is 5.15 Å². The minimum Gasteiger partial charge on any atom is -0.454 e. The van der Waals surface area contributed by atoms with Gasteiger partial charge in [0.1, 0.15) is 12.1 Å². The minimum absolute atomic E-state index is 0.105. The van der Waals surface area contributed by atoms with Crippen LogP contribution in [0.15, 0.2) is 18.3 Å². The molecule has 0 radical (unpaired) electrons. The summed E-state index contributed by atoms with van der Waals surface area (Å²) in [5.74, 6) is -1.38. The van der Waals surface area contributed by atoms with Gasteiger partial charge in [0.25, 0.3) is 11.8 Å². The van der Waals surface area contributed by atoms with Gasteiger partial charge in [-0.2, -0.15) is 0 Å². The van der Waals surface area contributed by atoms with Crippen LogP contribution in [0.25, 0.3) is 0 Å². The number of urea groups is 1. The third-order valence-electron chi connectivity index (χ3n) is 6.79. The summed E-state index contributed by atoms with van der Waals surface area (Å²) in [6.45, 7) is 5.49. The molecule has 1 aromatic rings. The van der Waals surface area contributed by atoms with E-state index in [-0.39, 0.29) is 16.3 Å². The summed E-state index contributed by atoms with van der Waals surface area (Å²) in [5, 5.41) is 5.38. The van der Waals surface area contributed by atoms with Gasteiger partial charge in [-0.3, -0.25) is 19.3 Å². The summed E-state index contributed by atoms with van der Waals surface area (Å²) in [7, 11) is 0. The van der Waals surface area contributed by atoms with Gasteiger partial charge in [0.05, 0.1) is 5.69 Å². The molecule has 0 aromatic carbocycles.